The number of oxazole rings is 1. The number of hydrogen-bond donors (Lipinski definition) is 2. The van der Waals surface area contributed by atoms with Crippen LogP contribution in [0.2, 0.25) is 0 Å². The van der Waals surface area contributed by atoms with Gasteiger partial charge in [0.2, 0.25) is 5.89 Å². The average molecular weight is 358 g/mol. The second-order valence-electron chi connectivity index (χ2n) is 6.47. The fourth-order valence-corrected chi connectivity index (χ4v) is 2.86. The molecule has 0 atom stereocenters. The Kier molecular flexibility index (Phi) is 4.12. The molecular weight excluding hydrogens is 340 g/mol. The Labute approximate surface area is 156 Å². The zero-order chi connectivity index (χ0) is 19.0. The Morgan fingerprint density at radius 1 is 1.00 bits per heavy atom. The van der Waals surface area contributed by atoms with Gasteiger partial charge in [0.05, 0.1) is 5.56 Å². The first-order valence-corrected chi connectivity index (χ1v) is 8.59. The molecule has 3 aromatic carbocycles. The number of amides is 1. The van der Waals surface area contributed by atoms with Crippen LogP contribution in [-0.4, -0.2) is 16.0 Å². The lowest BCUT2D eigenvalue weighted by Crippen LogP contribution is -2.12. The van der Waals surface area contributed by atoms with Crippen molar-refractivity contribution < 1.29 is 14.3 Å². The number of nitrogens with zero attached hydrogens (tertiary/aromatic N) is 1. The molecule has 0 aliphatic carbocycles. The van der Waals surface area contributed by atoms with Gasteiger partial charge in [-0.25, -0.2) is 4.98 Å². The highest BCUT2D eigenvalue weighted by Gasteiger charge is 2.14. The Bertz CT molecular complexity index is 1130. The van der Waals surface area contributed by atoms with Crippen molar-refractivity contribution in [2.75, 3.05) is 5.32 Å². The Morgan fingerprint density at radius 2 is 1.81 bits per heavy atom. The van der Waals surface area contributed by atoms with E-state index >= 15 is 0 Å². The van der Waals surface area contributed by atoms with Gasteiger partial charge in [-0.15, -0.1) is 0 Å². The summed E-state index contributed by atoms with van der Waals surface area (Å²) < 4.78 is 5.72. The van der Waals surface area contributed by atoms with E-state index in [1.807, 2.05) is 50.2 Å². The van der Waals surface area contributed by atoms with Gasteiger partial charge in [0, 0.05) is 11.3 Å². The molecule has 5 nitrogen and oxygen atoms in total. The van der Waals surface area contributed by atoms with Gasteiger partial charge in [-0.05, 0) is 67.4 Å². The number of aromatic hydroxyl groups is 1. The molecule has 0 aliphatic rings. The topological polar surface area (TPSA) is 75.4 Å². The second-order valence-corrected chi connectivity index (χ2v) is 6.47. The molecule has 0 bridgehead atoms. The predicted molar refractivity (Wildman–Crippen MR) is 105 cm³/mol. The fourth-order valence-electron chi connectivity index (χ4n) is 2.86. The van der Waals surface area contributed by atoms with Gasteiger partial charge in [-0.2, -0.15) is 0 Å². The van der Waals surface area contributed by atoms with Crippen LogP contribution in [0.3, 0.4) is 0 Å². The van der Waals surface area contributed by atoms with E-state index in [2.05, 4.69) is 10.3 Å². The Balaban J connectivity index is 1.65. The molecule has 27 heavy (non-hydrogen) atoms. The summed E-state index contributed by atoms with van der Waals surface area (Å²) in [6.07, 6.45) is 0. The smallest absolute Gasteiger partial charge is 0.255 e. The van der Waals surface area contributed by atoms with Crippen molar-refractivity contribution in [1.29, 1.82) is 0 Å². The molecule has 0 radical (unpaired) electrons. The molecule has 0 fully saturated rings. The third-order valence-corrected chi connectivity index (χ3v) is 4.55. The van der Waals surface area contributed by atoms with E-state index in [-0.39, 0.29) is 11.7 Å². The number of nitrogens with one attached hydrogen (secondary N) is 1. The SMILES string of the molecule is Cc1ccc(C(=O)Nc2ccc(O)c(-c3nc4ccccc4o3)c2)cc1C. The van der Waals surface area contributed by atoms with Crippen LogP contribution in [-0.2, 0) is 0 Å². The van der Waals surface area contributed by atoms with Crippen molar-refractivity contribution in [1.82, 2.24) is 4.98 Å². The van der Waals surface area contributed by atoms with Crippen molar-refractivity contribution in [3.8, 4) is 17.2 Å². The van der Waals surface area contributed by atoms with E-state index in [1.54, 1.807) is 18.2 Å². The number of para-hydroxylation sites is 2. The van der Waals surface area contributed by atoms with Gasteiger partial charge in [-0.1, -0.05) is 18.2 Å². The van der Waals surface area contributed by atoms with E-state index in [0.717, 1.165) is 11.1 Å². The van der Waals surface area contributed by atoms with Gasteiger partial charge in [0.15, 0.2) is 5.58 Å². The molecule has 0 saturated heterocycles. The number of phenols is 1. The highest BCUT2D eigenvalue weighted by Crippen LogP contribution is 2.33. The maximum atomic E-state index is 12.5. The van der Waals surface area contributed by atoms with Crippen molar-refractivity contribution in [3.63, 3.8) is 0 Å². The number of aryl methyl sites for hydroxylation is 2. The first-order chi connectivity index (χ1) is 13.0. The van der Waals surface area contributed by atoms with Gasteiger partial charge >= 0.3 is 0 Å². The summed E-state index contributed by atoms with van der Waals surface area (Å²) in [5.74, 6) is 0.119. The third-order valence-electron chi connectivity index (χ3n) is 4.55. The largest absolute Gasteiger partial charge is 0.507 e. The first kappa shape index (κ1) is 16.8. The number of carbonyl (C=O) groups excluding carboxylic acids is 1. The molecule has 1 amide bonds. The first-order valence-electron chi connectivity index (χ1n) is 8.59. The normalized spacial score (nSPS) is 10.9. The van der Waals surface area contributed by atoms with E-state index in [9.17, 15) is 9.90 Å². The summed E-state index contributed by atoms with van der Waals surface area (Å²) in [5, 5.41) is 13.1. The molecular formula is C22H18N2O3. The standard InChI is InChI=1S/C22H18N2O3/c1-13-7-8-15(11-14(13)2)21(26)23-16-9-10-19(25)17(12-16)22-24-18-5-3-4-6-20(18)27-22/h3-12,25H,1-2H3,(H,23,26). The molecule has 0 spiro atoms. The second kappa shape index (κ2) is 6.61. The molecule has 1 heterocycles. The lowest BCUT2D eigenvalue weighted by atomic mass is 10.1. The summed E-state index contributed by atoms with van der Waals surface area (Å²) >= 11 is 0. The maximum Gasteiger partial charge on any atom is 0.255 e. The van der Waals surface area contributed by atoms with Crippen LogP contribution in [0.4, 0.5) is 5.69 Å². The molecule has 134 valence electrons. The Hall–Kier alpha value is -3.60. The molecule has 0 saturated carbocycles. The molecule has 5 heteroatoms. The highest BCUT2D eigenvalue weighted by atomic mass is 16.3. The summed E-state index contributed by atoms with van der Waals surface area (Å²) in [6, 6.07) is 17.8. The minimum absolute atomic E-state index is 0.0331. The Morgan fingerprint density at radius 3 is 2.59 bits per heavy atom. The van der Waals surface area contributed by atoms with Gasteiger partial charge in [-0.3, -0.25) is 4.79 Å². The number of fused-ring (bicyclic) bond motifs is 1. The van der Waals surface area contributed by atoms with E-state index in [1.165, 1.54) is 6.07 Å². The van der Waals surface area contributed by atoms with Gasteiger partial charge in [0.25, 0.3) is 5.91 Å². The molecule has 1 aromatic heterocycles. The monoisotopic (exact) mass is 358 g/mol. The van der Waals surface area contributed by atoms with Crippen molar-refractivity contribution in [2.45, 2.75) is 13.8 Å². The number of rotatable bonds is 3. The maximum absolute atomic E-state index is 12.5. The van der Waals surface area contributed by atoms with Crippen LogP contribution >= 0.6 is 0 Å². The van der Waals surface area contributed by atoms with Crippen LogP contribution in [0, 0.1) is 13.8 Å². The van der Waals surface area contributed by atoms with Crippen LogP contribution in [0.25, 0.3) is 22.6 Å². The quantitative estimate of drug-likeness (QED) is 0.501. The molecule has 0 unspecified atom stereocenters. The van der Waals surface area contributed by atoms with E-state index in [0.29, 0.717) is 33.8 Å². The lowest BCUT2D eigenvalue weighted by molar-refractivity contribution is 0.102. The average Bonchev–Trinajstić information content (AvgIpc) is 3.09. The summed E-state index contributed by atoms with van der Waals surface area (Å²) in [4.78, 5) is 16.9. The number of carbonyl (C=O) groups is 1. The number of anilines is 1. The van der Waals surface area contributed by atoms with E-state index < -0.39 is 0 Å². The third kappa shape index (κ3) is 3.27. The minimum Gasteiger partial charge on any atom is -0.507 e. The lowest BCUT2D eigenvalue weighted by Gasteiger charge is -2.09. The number of benzene rings is 3. The molecule has 2 N–H and O–H groups in total. The predicted octanol–water partition coefficient (Wildman–Crippen LogP) is 5.07. The van der Waals surface area contributed by atoms with Crippen LogP contribution in [0.15, 0.2) is 65.1 Å². The molecule has 0 aliphatic heterocycles. The van der Waals surface area contributed by atoms with Crippen LogP contribution in [0.1, 0.15) is 21.5 Å². The zero-order valence-electron chi connectivity index (χ0n) is 15.0. The van der Waals surface area contributed by atoms with Crippen molar-refractivity contribution in [2.24, 2.45) is 0 Å². The number of aromatic nitrogens is 1. The number of hydrogen-bond acceptors (Lipinski definition) is 4. The van der Waals surface area contributed by atoms with Crippen LogP contribution < -0.4 is 5.32 Å². The van der Waals surface area contributed by atoms with Gasteiger partial charge < -0.3 is 14.8 Å². The minimum atomic E-state index is -0.215. The fraction of sp³-hybridized carbons (Fsp3) is 0.0909. The van der Waals surface area contributed by atoms with Gasteiger partial charge in [0.1, 0.15) is 11.3 Å². The van der Waals surface area contributed by atoms with Crippen LogP contribution in [0.5, 0.6) is 5.75 Å². The summed E-state index contributed by atoms with van der Waals surface area (Å²) in [6.45, 7) is 3.97. The zero-order valence-corrected chi connectivity index (χ0v) is 15.0. The molecule has 4 rings (SSSR count). The van der Waals surface area contributed by atoms with E-state index in [4.69, 9.17) is 4.42 Å². The summed E-state index contributed by atoms with van der Waals surface area (Å²) in [5.41, 5.74) is 5.08. The van der Waals surface area contributed by atoms with Crippen molar-refractivity contribution >= 4 is 22.7 Å². The number of phenolic OH excluding ortho intramolecular Hbond substituents is 1. The molecule has 4 aromatic rings. The van der Waals surface area contributed by atoms with Crippen molar-refractivity contribution in [3.05, 3.63) is 77.4 Å². The summed E-state index contributed by atoms with van der Waals surface area (Å²) in [7, 11) is 0. The highest BCUT2D eigenvalue weighted by molar-refractivity contribution is 6.04.